The summed E-state index contributed by atoms with van der Waals surface area (Å²) in [7, 11) is 0. The minimum Gasteiger partial charge on any atom is -0.372 e. The van der Waals surface area contributed by atoms with Gasteiger partial charge in [-0.2, -0.15) is 0 Å². The molecule has 2 rings (SSSR count). The molecule has 0 radical (unpaired) electrons. The highest BCUT2D eigenvalue weighted by Crippen LogP contribution is 2.33. The van der Waals surface area contributed by atoms with Gasteiger partial charge in [-0.15, -0.1) is 0 Å². The molecule has 0 amide bonds. The summed E-state index contributed by atoms with van der Waals surface area (Å²) >= 11 is 0. The lowest BCUT2D eigenvalue weighted by Gasteiger charge is -2.29. The fourth-order valence-corrected chi connectivity index (χ4v) is 2.29. The van der Waals surface area contributed by atoms with Crippen LogP contribution in [0.4, 0.5) is 0 Å². The van der Waals surface area contributed by atoms with Gasteiger partial charge in [-0.3, -0.25) is 0 Å². The first-order chi connectivity index (χ1) is 8.38. The van der Waals surface area contributed by atoms with Crippen LogP contribution in [-0.4, -0.2) is 0 Å². The van der Waals surface area contributed by atoms with E-state index >= 15 is 0 Å². The van der Waals surface area contributed by atoms with Crippen LogP contribution in [0.5, 0.6) is 0 Å². The van der Waals surface area contributed by atoms with Crippen molar-refractivity contribution >= 4 is 0 Å². The molecular weight excluding hydrogens is 222 g/mol. The maximum Gasteiger partial charge on any atom is 0.0725 e. The third kappa shape index (κ3) is 2.93. The molecule has 100 valence electrons. The average Bonchev–Trinajstić information content (AvgIpc) is 2.74. The second kappa shape index (κ2) is 5.02. The number of fused-ring (bicyclic) bond motifs is 1. The van der Waals surface area contributed by atoms with Crippen molar-refractivity contribution < 1.29 is 4.74 Å². The highest BCUT2D eigenvalue weighted by atomic mass is 16.5. The average molecular weight is 247 g/mol. The van der Waals surface area contributed by atoms with Gasteiger partial charge in [0.2, 0.25) is 0 Å². The van der Waals surface area contributed by atoms with E-state index in [2.05, 4.69) is 45.9 Å². The third-order valence-corrected chi connectivity index (χ3v) is 4.26. The number of rotatable bonds is 3. The summed E-state index contributed by atoms with van der Waals surface area (Å²) in [5.74, 6) is 0.608. The lowest BCUT2D eigenvalue weighted by atomic mass is 9.77. The molecular formula is C16H25NO. The Morgan fingerprint density at radius 2 is 1.89 bits per heavy atom. The molecule has 2 N–H and O–H groups in total. The van der Waals surface area contributed by atoms with E-state index in [1.807, 2.05) is 0 Å². The van der Waals surface area contributed by atoms with Crippen molar-refractivity contribution in [3.63, 3.8) is 0 Å². The van der Waals surface area contributed by atoms with E-state index in [9.17, 15) is 0 Å². The molecule has 1 aliphatic rings. The Morgan fingerprint density at radius 3 is 2.56 bits per heavy atom. The Bertz CT molecular complexity index is 420. The van der Waals surface area contributed by atoms with Crippen LogP contribution in [0.1, 0.15) is 56.8 Å². The molecule has 2 nitrogen and oxygen atoms in total. The molecule has 0 spiro atoms. The molecule has 2 heteroatoms. The highest BCUT2D eigenvalue weighted by Gasteiger charge is 2.23. The van der Waals surface area contributed by atoms with E-state index in [1.54, 1.807) is 0 Å². The lowest BCUT2D eigenvalue weighted by molar-refractivity contribution is 0.134. The number of hydrogen-bond acceptors (Lipinski definition) is 2. The molecule has 2 unspecified atom stereocenters. The summed E-state index contributed by atoms with van der Waals surface area (Å²) in [6.07, 6.45) is 1.03. The van der Waals surface area contributed by atoms with E-state index in [0.717, 1.165) is 19.6 Å². The first-order valence-electron chi connectivity index (χ1n) is 6.83. The van der Waals surface area contributed by atoms with Gasteiger partial charge in [0.05, 0.1) is 13.2 Å². The molecule has 0 aliphatic carbocycles. The van der Waals surface area contributed by atoms with Crippen LogP contribution in [-0.2, 0) is 18.0 Å². The van der Waals surface area contributed by atoms with Gasteiger partial charge in [0.1, 0.15) is 0 Å². The molecule has 0 saturated carbocycles. The molecule has 0 bridgehead atoms. The first kappa shape index (κ1) is 13.6. The van der Waals surface area contributed by atoms with Gasteiger partial charge in [-0.05, 0) is 34.4 Å². The van der Waals surface area contributed by atoms with E-state index in [-0.39, 0.29) is 6.04 Å². The van der Waals surface area contributed by atoms with Gasteiger partial charge in [0.15, 0.2) is 0 Å². The maximum absolute atomic E-state index is 6.35. The van der Waals surface area contributed by atoms with E-state index in [4.69, 9.17) is 10.5 Å². The number of benzene rings is 1. The van der Waals surface area contributed by atoms with Crippen molar-refractivity contribution in [1.82, 2.24) is 0 Å². The quantitative estimate of drug-likeness (QED) is 0.882. The fourth-order valence-electron chi connectivity index (χ4n) is 2.29. The van der Waals surface area contributed by atoms with Crippen LogP contribution in [0.25, 0.3) is 0 Å². The van der Waals surface area contributed by atoms with Crippen molar-refractivity contribution in [2.24, 2.45) is 17.1 Å². The molecule has 18 heavy (non-hydrogen) atoms. The van der Waals surface area contributed by atoms with Crippen LogP contribution in [0.15, 0.2) is 18.2 Å². The van der Waals surface area contributed by atoms with Crippen LogP contribution >= 0.6 is 0 Å². The predicted molar refractivity (Wildman–Crippen MR) is 75.1 cm³/mol. The van der Waals surface area contributed by atoms with Gasteiger partial charge in [-0.25, -0.2) is 0 Å². The Morgan fingerprint density at radius 1 is 1.22 bits per heavy atom. The topological polar surface area (TPSA) is 35.2 Å². The number of ether oxygens (including phenoxy) is 1. The van der Waals surface area contributed by atoms with Gasteiger partial charge in [0.25, 0.3) is 0 Å². The summed E-state index contributed by atoms with van der Waals surface area (Å²) in [6.45, 7) is 10.6. The Hall–Kier alpha value is -0.860. The molecule has 1 aromatic carbocycles. The van der Waals surface area contributed by atoms with Gasteiger partial charge < -0.3 is 10.5 Å². The monoisotopic (exact) mass is 247 g/mol. The molecule has 1 aromatic rings. The first-order valence-corrected chi connectivity index (χ1v) is 6.83. The summed E-state index contributed by atoms with van der Waals surface area (Å²) in [6, 6.07) is 6.68. The summed E-state index contributed by atoms with van der Waals surface area (Å²) in [5, 5.41) is 0. The van der Waals surface area contributed by atoms with Crippen LogP contribution in [0.2, 0.25) is 0 Å². The maximum atomic E-state index is 6.35. The van der Waals surface area contributed by atoms with Crippen LogP contribution < -0.4 is 5.73 Å². The molecule has 0 aromatic heterocycles. The third-order valence-electron chi connectivity index (χ3n) is 4.26. The zero-order valence-electron chi connectivity index (χ0n) is 12.0. The van der Waals surface area contributed by atoms with Crippen LogP contribution in [0, 0.1) is 11.3 Å². The van der Waals surface area contributed by atoms with Crippen molar-refractivity contribution in [2.45, 2.75) is 53.4 Å². The minimum atomic E-state index is 0.130. The Labute approximate surface area is 111 Å². The van der Waals surface area contributed by atoms with E-state index < -0.39 is 0 Å². The second-order valence-electron chi connectivity index (χ2n) is 6.63. The van der Waals surface area contributed by atoms with E-state index in [0.29, 0.717) is 11.3 Å². The summed E-state index contributed by atoms with van der Waals surface area (Å²) in [4.78, 5) is 0. The largest absolute Gasteiger partial charge is 0.372 e. The molecule has 0 saturated heterocycles. The standard InChI is InChI=1S/C16H25NO/c1-11(16(2,3)4)7-15(17)12-5-6-13-9-18-10-14(13)8-12/h5-6,8,11,15H,7,9-10,17H2,1-4H3. The molecule has 0 fully saturated rings. The normalized spacial score (nSPS) is 18.5. The van der Waals surface area contributed by atoms with Gasteiger partial charge in [0, 0.05) is 6.04 Å². The van der Waals surface area contributed by atoms with E-state index in [1.165, 1.54) is 16.7 Å². The smallest absolute Gasteiger partial charge is 0.0725 e. The molecule has 1 aliphatic heterocycles. The minimum absolute atomic E-state index is 0.130. The SMILES string of the molecule is CC(CC(N)c1ccc2c(c1)COC2)C(C)(C)C. The van der Waals surface area contributed by atoms with Crippen molar-refractivity contribution in [3.05, 3.63) is 34.9 Å². The molecule has 1 heterocycles. The summed E-state index contributed by atoms with van der Waals surface area (Å²) in [5.41, 5.74) is 10.5. The van der Waals surface area contributed by atoms with Crippen molar-refractivity contribution in [2.75, 3.05) is 0 Å². The molecule has 2 atom stereocenters. The second-order valence-corrected chi connectivity index (χ2v) is 6.63. The zero-order chi connectivity index (χ0) is 13.3. The summed E-state index contributed by atoms with van der Waals surface area (Å²) < 4.78 is 5.44. The van der Waals surface area contributed by atoms with Crippen LogP contribution in [0.3, 0.4) is 0 Å². The predicted octanol–water partition coefficient (Wildman–Crippen LogP) is 3.79. The number of nitrogens with two attached hydrogens (primary N) is 1. The van der Waals surface area contributed by atoms with Gasteiger partial charge in [-0.1, -0.05) is 45.9 Å². The highest BCUT2D eigenvalue weighted by molar-refractivity contribution is 5.34. The number of hydrogen-bond donors (Lipinski definition) is 1. The van der Waals surface area contributed by atoms with Gasteiger partial charge >= 0.3 is 0 Å². The lowest BCUT2D eigenvalue weighted by Crippen LogP contribution is -2.23. The van der Waals surface area contributed by atoms with Crippen molar-refractivity contribution in [3.8, 4) is 0 Å². The van der Waals surface area contributed by atoms with Crippen molar-refractivity contribution in [1.29, 1.82) is 0 Å². The Balaban J connectivity index is 2.07. The fraction of sp³-hybridized carbons (Fsp3) is 0.625. The zero-order valence-corrected chi connectivity index (χ0v) is 12.0. The Kier molecular flexibility index (Phi) is 3.79.